The Labute approximate surface area is 120 Å². The largest absolute Gasteiger partial charge is 0.216 e. The van der Waals surface area contributed by atoms with Gasteiger partial charge in [-0.3, -0.25) is 0 Å². The molecule has 3 nitrogen and oxygen atoms in total. The average molecular weight is 292 g/mol. The molecule has 96 valence electrons. The summed E-state index contributed by atoms with van der Waals surface area (Å²) in [6.07, 6.45) is 1.73. The normalized spacial score (nSPS) is 11.2. The molecule has 0 radical (unpaired) electrons. The second-order valence-electron chi connectivity index (χ2n) is 4.50. The Bertz CT molecular complexity index is 760. The predicted octanol–water partition coefficient (Wildman–Crippen LogP) is 4.32. The third-order valence-electron chi connectivity index (χ3n) is 3.06. The summed E-state index contributed by atoms with van der Waals surface area (Å²) in [5.74, 6) is 0. The van der Waals surface area contributed by atoms with Crippen LogP contribution in [0.3, 0.4) is 0 Å². The third-order valence-corrected chi connectivity index (χ3v) is 3.69. The Hall–Kier alpha value is -1.58. The van der Waals surface area contributed by atoms with Crippen molar-refractivity contribution in [3.8, 4) is 11.1 Å². The van der Waals surface area contributed by atoms with Crippen LogP contribution in [0.1, 0.15) is 11.1 Å². The van der Waals surface area contributed by atoms with Crippen LogP contribution in [0.2, 0.25) is 10.3 Å². The van der Waals surface area contributed by atoms with E-state index in [1.165, 1.54) is 5.56 Å². The van der Waals surface area contributed by atoms with Crippen molar-refractivity contribution in [3.63, 3.8) is 0 Å². The number of halogens is 2. The minimum atomic E-state index is 0.393. The molecule has 0 unspecified atom stereocenters. The summed E-state index contributed by atoms with van der Waals surface area (Å²) in [5.41, 5.74) is 4.45. The Kier molecular flexibility index (Phi) is 2.96. The lowest BCUT2D eigenvalue weighted by Gasteiger charge is -2.09. The van der Waals surface area contributed by atoms with Crippen molar-refractivity contribution in [2.75, 3.05) is 0 Å². The van der Waals surface area contributed by atoms with Gasteiger partial charge in [-0.2, -0.15) is 5.10 Å². The van der Waals surface area contributed by atoms with Crippen LogP contribution in [0.5, 0.6) is 0 Å². The van der Waals surface area contributed by atoms with Crippen LogP contribution in [0, 0.1) is 13.8 Å². The maximum absolute atomic E-state index is 6.41. The first-order chi connectivity index (χ1) is 9.08. The van der Waals surface area contributed by atoms with Gasteiger partial charge in [0.25, 0.3) is 0 Å². The van der Waals surface area contributed by atoms with Crippen molar-refractivity contribution >= 4 is 28.8 Å². The maximum Gasteiger partial charge on any atom is 0.161 e. The molecule has 2 aromatic heterocycles. The van der Waals surface area contributed by atoms with E-state index in [0.29, 0.717) is 21.5 Å². The van der Waals surface area contributed by atoms with Gasteiger partial charge >= 0.3 is 0 Å². The van der Waals surface area contributed by atoms with Crippen LogP contribution >= 0.6 is 23.2 Å². The quantitative estimate of drug-likeness (QED) is 0.625. The molecule has 0 atom stereocenters. The molecule has 2 heterocycles. The SMILES string of the molecule is Cc1ccc(-c2c(Cl)nc3c(C)cnn3c2Cl)cc1. The minimum absolute atomic E-state index is 0.393. The van der Waals surface area contributed by atoms with Crippen LogP contribution in [-0.2, 0) is 0 Å². The molecule has 0 aliphatic carbocycles. The van der Waals surface area contributed by atoms with Gasteiger partial charge in [-0.15, -0.1) is 0 Å². The third kappa shape index (κ3) is 1.99. The second kappa shape index (κ2) is 4.51. The molecule has 3 aromatic rings. The fourth-order valence-corrected chi connectivity index (χ4v) is 2.65. The summed E-state index contributed by atoms with van der Waals surface area (Å²) < 4.78 is 1.61. The lowest BCUT2D eigenvalue weighted by atomic mass is 10.1. The number of aryl methyl sites for hydroxylation is 2. The summed E-state index contributed by atoms with van der Waals surface area (Å²) in [6.45, 7) is 3.96. The lowest BCUT2D eigenvalue weighted by Crippen LogP contribution is -1.97. The van der Waals surface area contributed by atoms with E-state index in [-0.39, 0.29) is 0 Å². The molecular weight excluding hydrogens is 281 g/mol. The van der Waals surface area contributed by atoms with Crippen molar-refractivity contribution < 1.29 is 0 Å². The van der Waals surface area contributed by atoms with E-state index in [9.17, 15) is 0 Å². The van der Waals surface area contributed by atoms with Crippen LogP contribution < -0.4 is 0 Å². The van der Waals surface area contributed by atoms with Crippen molar-refractivity contribution in [3.05, 3.63) is 51.9 Å². The zero-order valence-corrected chi connectivity index (χ0v) is 12.0. The highest BCUT2D eigenvalue weighted by atomic mass is 35.5. The van der Waals surface area contributed by atoms with E-state index in [2.05, 4.69) is 10.1 Å². The van der Waals surface area contributed by atoms with E-state index in [1.54, 1.807) is 10.7 Å². The first-order valence-corrected chi connectivity index (χ1v) is 6.60. The van der Waals surface area contributed by atoms with Gasteiger partial charge in [0.05, 0.1) is 11.8 Å². The number of hydrogen-bond acceptors (Lipinski definition) is 2. The van der Waals surface area contributed by atoms with Crippen molar-refractivity contribution in [2.24, 2.45) is 0 Å². The number of benzene rings is 1. The standard InChI is InChI=1S/C14H11Cl2N3/c1-8-3-5-10(6-4-8)11-12(15)18-14-9(2)7-17-19(14)13(11)16/h3-7H,1-2H3. The van der Waals surface area contributed by atoms with Crippen molar-refractivity contribution in [1.29, 1.82) is 0 Å². The monoisotopic (exact) mass is 291 g/mol. The molecule has 1 aromatic carbocycles. The van der Waals surface area contributed by atoms with E-state index in [0.717, 1.165) is 11.1 Å². The molecule has 0 N–H and O–H groups in total. The highest BCUT2D eigenvalue weighted by Crippen LogP contribution is 2.34. The molecule has 3 rings (SSSR count). The van der Waals surface area contributed by atoms with E-state index in [1.807, 2.05) is 38.1 Å². The number of fused-ring (bicyclic) bond motifs is 1. The van der Waals surface area contributed by atoms with E-state index >= 15 is 0 Å². The number of rotatable bonds is 1. The Morgan fingerprint density at radius 3 is 2.42 bits per heavy atom. The molecular formula is C14H11Cl2N3. The Morgan fingerprint density at radius 1 is 1.05 bits per heavy atom. The molecule has 0 bridgehead atoms. The smallest absolute Gasteiger partial charge is 0.161 e. The molecule has 0 spiro atoms. The molecule has 0 aliphatic rings. The molecule has 5 heteroatoms. The molecule has 0 fully saturated rings. The maximum atomic E-state index is 6.41. The first kappa shape index (κ1) is 12.5. The number of aromatic nitrogens is 3. The van der Waals surface area contributed by atoms with E-state index in [4.69, 9.17) is 23.2 Å². The summed E-state index contributed by atoms with van der Waals surface area (Å²) in [4.78, 5) is 4.38. The molecule has 0 saturated carbocycles. The highest BCUT2D eigenvalue weighted by Gasteiger charge is 2.16. The van der Waals surface area contributed by atoms with Crippen molar-refractivity contribution in [2.45, 2.75) is 13.8 Å². The fourth-order valence-electron chi connectivity index (χ4n) is 2.00. The number of nitrogens with zero attached hydrogens (tertiary/aromatic N) is 3. The van der Waals surface area contributed by atoms with Gasteiger partial charge in [0.15, 0.2) is 5.65 Å². The Morgan fingerprint density at radius 2 is 1.74 bits per heavy atom. The lowest BCUT2D eigenvalue weighted by molar-refractivity contribution is 0.942. The fraction of sp³-hybridized carbons (Fsp3) is 0.143. The van der Waals surface area contributed by atoms with E-state index < -0.39 is 0 Å². The predicted molar refractivity (Wildman–Crippen MR) is 77.9 cm³/mol. The zero-order chi connectivity index (χ0) is 13.6. The second-order valence-corrected chi connectivity index (χ2v) is 5.21. The van der Waals surface area contributed by atoms with Crippen LogP contribution in [0.4, 0.5) is 0 Å². The van der Waals surface area contributed by atoms with Gasteiger partial charge in [-0.25, -0.2) is 9.50 Å². The average Bonchev–Trinajstić information content (AvgIpc) is 2.74. The Balaban J connectivity index is 2.32. The van der Waals surface area contributed by atoms with Gasteiger partial charge in [0.2, 0.25) is 0 Å². The molecule has 19 heavy (non-hydrogen) atoms. The van der Waals surface area contributed by atoms with Gasteiger partial charge < -0.3 is 0 Å². The zero-order valence-electron chi connectivity index (χ0n) is 10.5. The topological polar surface area (TPSA) is 30.2 Å². The summed E-state index contributed by atoms with van der Waals surface area (Å²) in [5, 5.41) is 5.10. The van der Waals surface area contributed by atoms with Gasteiger partial charge in [0, 0.05) is 5.56 Å². The minimum Gasteiger partial charge on any atom is -0.216 e. The number of hydrogen-bond donors (Lipinski definition) is 0. The van der Waals surface area contributed by atoms with Crippen LogP contribution in [0.15, 0.2) is 30.5 Å². The van der Waals surface area contributed by atoms with Crippen LogP contribution in [-0.4, -0.2) is 14.6 Å². The summed E-state index contributed by atoms with van der Waals surface area (Å²) in [6, 6.07) is 7.99. The summed E-state index contributed by atoms with van der Waals surface area (Å²) in [7, 11) is 0. The molecule has 0 aliphatic heterocycles. The van der Waals surface area contributed by atoms with Gasteiger partial charge in [0.1, 0.15) is 10.3 Å². The highest BCUT2D eigenvalue weighted by molar-refractivity contribution is 6.38. The molecule has 0 amide bonds. The summed E-state index contributed by atoms with van der Waals surface area (Å²) >= 11 is 12.7. The van der Waals surface area contributed by atoms with Gasteiger partial charge in [-0.1, -0.05) is 53.0 Å². The first-order valence-electron chi connectivity index (χ1n) is 5.84. The van der Waals surface area contributed by atoms with Gasteiger partial charge in [-0.05, 0) is 19.4 Å². The van der Waals surface area contributed by atoms with Crippen molar-refractivity contribution in [1.82, 2.24) is 14.6 Å². The molecule has 0 saturated heterocycles. The van der Waals surface area contributed by atoms with Crippen LogP contribution in [0.25, 0.3) is 16.8 Å².